The summed E-state index contributed by atoms with van der Waals surface area (Å²) in [7, 11) is -3.59. The molecule has 7 nitrogen and oxygen atoms in total. The number of hydrogen-bond donors (Lipinski definition) is 2. The van der Waals surface area contributed by atoms with Crippen LogP contribution in [-0.4, -0.2) is 51.5 Å². The molecule has 0 saturated carbocycles. The summed E-state index contributed by atoms with van der Waals surface area (Å²) in [5.41, 5.74) is 3.44. The van der Waals surface area contributed by atoms with Crippen LogP contribution in [0.25, 0.3) is 11.1 Å². The lowest BCUT2D eigenvalue weighted by molar-refractivity contribution is -0.114. The van der Waals surface area contributed by atoms with Crippen LogP contribution in [0.5, 0.6) is 0 Å². The second-order valence-electron chi connectivity index (χ2n) is 7.39. The van der Waals surface area contributed by atoms with E-state index in [1.165, 1.54) is 4.31 Å². The second-order valence-corrected chi connectivity index (χ2v) is 9.33. The van der Waals surface area contributed by atoms with E-state index in [1.807, 2.05) is 54.6 Å². The number of ether oxygens (including phenoxy) is 1. The molecule has 1 aliphatic rings. The molecule has 0 radical (unpaired) electrons. The lowest BCUT2D eigenvalue weighted by atomic mass is 10.1. The van der Waals surface area contributed by atoms with Crippen molar-refractivity contribution in [2.45, 2.75) is 4.90 Å². The third-order valence-corrected chi connectivity index (χ3v) is 7.07. The fourth-order valence-electron chi connectivity index (χ4n) is 3.47. The first-order chi connectivity index (χ1) is 15.5. The van der Waals surface area contributed by atoms with Gasteiger partial charge in [-0.2, -0.15) is 4.31 Å². The van der Waals surface area contributed by atoms with Crippen LogP contribution in [0.15, 0.2) is 83.8 Å². The number of sulfonamides is 1. The van der Waals surface area contributed by atoms with E-state index in [4.69, 9.17) is 4.74 Å². The zero-order valence-electron chi connectivity index (χ0n) is 17.5. The van der Waals surface area contributed by atoms with Gasteiger partial charge in [0.2, 0.25) is 15.9 Å². The maximum absolute atomic E-state index is 12.8. The van der Waals surface area contributed by atoms with Gasteiger partial charge < -0.3 is 15.4 Å². The molecule has 0 atom stereocenters. The van der Waals surface area contributed by atoms with Gasteiger partial charge in [0.25, 0.3) is 0 Å². The lowest BCUT2D eigenvalue weighted by Gasteiger charge is -2.26. The second kappa shape index (κ2) is 9.95. The fourth-order valence-corrected chi connectivity index (χ4v) is 4.92. The molecule has 166 valence electrons. The molecule has 1 aliphatic heterocycles. The Morgan fingerprint density at radius 2 is 1.53 bits per heavy atom. The van der Waals surface area contributed by atoms with E-state index in [9.17, 15) is 13.2 Å². The summed E-state index contributed by atoms with van der Waals surface area (Å²) in [5, 5.41) is 5.84. The largest absolute Gasteiger partial charge is 0.379 e. The van der Waals surface area contributed by atoms with Crippen LogP contribution in [0.3, 0.4) is 0 Å². The van der Waals surface area contributed by atoms with Gasteiger partial charge in [-0.05, 0) is 41.5 Å². The molecule has 8 heteroatoms. The van der Waals surface area contributed by atoms with E-state index in [-0.39, 0.29) is 17.3 Å². The summed E-state index contributed by atoms with van der Waals surface area (Å²) in [4.78, 5) is 12.6. The maximum Gasteiger partial charge on any atom is 0.243 e. The van der Waals surface area contributed by atoms with Gasteiger partial charge in [-0.3, -0.25) is 4.79 Å². The Morgan fingerprint density at radius 3 is 2.25 bits per heavy atom. The van der Waals surface area contributed by atoms with Crippen LogP contribution in [-0.2, 0) is 19.6 Å². The first-order valence-corrected chi connectivity index (χ1v) is 11.8. The van der Waals surface area contributed by atoms with Crippen molar-refractivity contribution in [3.63, 3.8) is 0 Å². The van der Waals surface area contributed by atoms with Crippen LogP contribution in [0, 0.1) is 0 Å². The third kappa shape index (κ3) is 5.34. The van der Waals surface area contributed by atoms with E-state index in [1.54, 1.807) is 24.3 Å². The smallest absolute Gasteiger partial charge is 0.243 e. The van der Waals surface area contributed by atoms with Crippen molar-refractivity contribution in [1.82, 2.24) is 4.31 Å². The molecule has 32 heavy (non-hydrogen) atoms. The number of hydrogen-bond acceptors (Lipinski definition) is 5. The summed E-state index contributed by atoms with van der Waals surface area (Å²) in [6.07, 6.45) is 0. The molecule has 1 fully saturated rings. The quantitative estimate of drug-likeness (QED) is 0.575. The van der Waals surface area contributed by atoms with Crippen molar-refractivity contribution in [2.24, 2.45) is 0 Å². The Morgan fingerprint density at radius 1 is 0.844 bits per heavy atom. The number of rotatable bonds is 7. The molecule has 0 bridgehead atoms. The van der Waals surface area contributed by atoms with Gasteiger partial charge in [-0.15, -0.1) is 0 Å². The molecule has 1 heterocycles. The monoisotopic (exact) mass is 451 g/mol. The zero-order valence-corrected chi connectivity index (χ0v) is 18.3. The normalized spacial score (nSPS) is 14.6. The fraction of sp³-hybridized carbons (Fsp3) is 0.208. The van der Waals surface area contributed by atoms with Crippen LogP contribution in [0.4, 0.5) is 11.4 Å². The van der Waals surface area contributed by atoms with E-state index in [2.05, 4.69) is 10.6 Å². The molecule has 3 aromatic carbocycles. The van der Waals surface area contributed by atoms with Crippen molar-refractivity contribution in [2.75, 3.05) is 43.5 Å². The van der Waals surface area contributed by atoms with Gasteiger partial charge in [-0.1, -0.05) is 48.5 Å². The summed E-state index contributed by atoms with van der Waals surface area (Å²) < 4.78 is 32.3. The summed E-state index contributed by atoms with van der Waals surface area (Å²) in [6, 6.07) is 24.1. The number of anilines is 2. The number of benzene rings is 3. The Bertz CT molecular complexity index is 1160. The van der Waals surface area contributed by atoms with Gasteiger partial charge >= 0.3 is 0 Å². The first-order valence-electron chi connectivity index (χ1n) is 10.4. The van der Waals surface area contributed by atoms with Gasteiger partial charge in [0, 0.05) is 24.5 Å². The highest BCUT2D eigenvalue weighted by Gasteiger charge is 2.26. The lowest BCUT2D eigenvalue weighted by Crippen LogP contribution is -2.40. The average molecular weight is 452 g/mol. The standard InChI is InChI=1S/C24H25N3O4S/c28-24(26-21-11-9-20(10-12-21)19-5-2-1-3-6-19)18-25-22-7-4-8-23(17-22)32(29,30)27-13-15-31-16-14-27/h1-12,17,25H,13-16,18H2,(H,26,28). The van der Waals surface area contributed by atoms with Crippen molar-refractivity contribution >= 4 is 27.3 Å². The predicted octanol–water partition coefficient (Wildman–Crippen LogP) is 3.43. The molecular weight excluding hydrogens is 426 g/mol. The molecule has 2 N–H and O–H groups in total. The molecule has 0 unspecified atom stereocenters. The third-order valence-electron chi connectivity index (χ3n) is 5.17. The Balaban J connectivity index is 1.34. The Hall–Kier alpha value is -3.20. The number of nitrogens with one attached hydrogen (secondary N) is 2. The highest BCUT2D eigenvalue weighted by molar-refractivity contribution is 7.89. The minimum absolute atomic E-state index is 0.0154. The maximum atomic E-state index is 12.8. The zero-order chi connectivity index (χ0) is 22.4. The summed E-state index contributed by atoms with van der Waals surface area (Å²) >= 11 is 0. The molecule has 1 saturated heterocycles. The molecule has 0 aromatic heterocycles. The van der Waals surface area contributed by atoms with Crippen LogP contribution in [0.1, 0.15) is 0 Å². The minimum Gasteiger partial charge on any atom is -0.379 e. The van der Waals surface area contributed by atoms with E-state index >= 15 is 0 Å². The number of carbonyl (C=O) groups is 1. The summed E-state index contributed by atoms with van der Waals surface area (Å²) in [5.74, 6) is -0.223. The van der Waals surface area contributed by atoms with Gasteiger partial charge in [-0.25, -0.2) is 8.42 Å². The summed E-state index contributed by atoms with van der Waals surface area (Å²) in [6.45, 7) is 1.48. The number of nitrogens with zero attached hydrogens (tertiary/aromatic N) is 1. The first kappa shape index (κ1) is 22.0. The van der Waals surface area contributed by atoms with Gasteiger partial charge in [0.15, 0.2) is 0 Å². The number of carbonyl (C=O) groups excluding carboxylic acids is 1. The molecule has 4 rings (SSSR count). The SMILES string of the molecule is O=C(CNc1cccc(S(=O)(=O)N2CCOCC2)c1)Nc1ccc(-c2ccccc2)cc1. The number of amides is 1. The van der Waals surface area contributed by atoms with E-state index < -0.39 is 10.0 Å². The topological polar surface area (TPSA) is 87.7 Å². The van der Waals surface area contributed by atoms with Gasteiger partial charge in [0.1, 0.15) is 0 Å². The average Bonchev–Trinajstić information content (AvgIpc) is 2.84. The minimum atomic E-state index is -3.59. The Labute approximate surface area is 188 Å². The predicted molar refractivity (Wildman–Crippen MR) is 125 cm³/mol. The van der Waals surface area contributed by atoms with Crippen molar-refractivity contribution in [1.29, 1.82) is 0 Å². The Kier molecular flexibility index (Phi) is 6.84. The van der Waals surface area contributed by atoms with Crippen LogP contribution < -0.4 is 10.6 Å². The van der Waals surface area contributed by atoms with Gasteiger partial charge in [0.05, 0.1) is 24.7 Å². The molecule has 0 spiro atoms. The van der Waals surface area contributed by atoms with E-state index in [0.29, 0.717) is 37.7 Å². The molecule has 3 aromatic rings. The molecule has 1 amide bonds. The molecular formula is C24H25N3O4S. The highest BCUT2D eigenvalue weighted by Crippen LogP contribution is 2.22. The highest BCUT2D eigenvalue weighted by atomic mass is 32.2. The van der Waals surface area contributed by atoms with Crippen LogP contribution >= 0.6 is 0 Å². The number of morpholine rings is 1. The van der Waals surface area contributed by atoms with Crippen molar-refractivity contribution in [3.05, 3.63) is 78.9 Å². The van der Waals surface area contributed by atoms with Crippen molar-refractivity contribution < 1.29 is 17.9 Å². The molecule has 0 aliphatic carbocycles. The van der Waals surface area contributed by atoms with Crippen LogP contribution in [0.2, 0.25) is 0 Å². The van der Waals surface area contributed by atoms with Crippen molar-refractivity contribution in [3.8, 4) is 11.1 Å². The van der Waals surface area contributed by atoms with E-state index in [0.717, 1.165) is 11.1 Å².